The molecule has 4 rings (SSSR count). The summed E-state index contributed by atoms with van der Waals surface area (Å²) in [5.41, 5.74) is 1.27. The lowest BCUT2D eigenvalue weighted by molar-refractivity contribution is 0.0764. The Balaban J connectivity index is 1.50. The maximum absolute atomic E-state index is 14.2. The fraction of sp³-hybridized carbons (Fsp3) is 0.208. The van der Waals surface area contributed by atoms with Crippen LogP contribution in [0.1, 0.15) is 27.6 Å². The molecular weight excluding hydrogens is 385 g/mol. The van der Waals surface area contributed by atoms with E-state index in [4.69, 9.17) is 4.74 Å². The second-order valence-electron chi connectivity index (χ2n) is 6.87. The van der Waals surface area contributed by atoms with E-state index in [1.165, 1.54) is 6.07 Å². The van der Waals surface area contributed by atoms with Gasteiger partial charge in [-0.1, -0.05) is 48.5 Å². The van der Waals surface area contributed by atoms with E-state index >= 15 is 0 Å². The summed E-state index contributed by atoms with van der Waals surface area (Å²) < 4.78 is 20.1. The van der Waals surface area contributed by atoms with Crippen LogP contribution in [0.5, 0.6) is 11.5 Å². The fourth-order valence-corrected chi connectivity index (χ4v) is 4.73. The smallest absolute Gasteiger partial charge is 0.257 e. The summed E-state index contributed by atoms with van der Waals surface area (Å²) in [5, 5.41) is 0.0600. The van der Waals surface area contributed by atoms with Crippen LogP contribution in [-0.2, 0) is 0 Å². The van der Waals surface area contributed by atoms with E-state index in [1.807, 2.05) is 65.6 Å². The molecule has 0 radical (unpaired) electrons. The minimum absolute atomic E-state index is 0.0497. The summed E-state index contributed by atoms with van der Waals surface area (Å²) in [5.74, 6) is 1.79. The molecule has 3 aromatic carbocycles. The molecule has 3 aromatic rings. The fourth-order valence-electron chi connectivity index (χ4n) is 3.48. The molecule has 1 fully saturated rings. The number of hydrogen-bond acceptors (Lipinski definition) is 3. The minimum atomic E-state index is -0.175. The average molecular weight is 408 g/mol. The van der Waals surface area contributed by atoms with Gasteiger partial charge in [-0.15, -0.1) is 0 Å². The molecule has 0 spiro atoms. The molecule has 0 aliphatic carbocycles. The average Bonchev–Trinajstić information content (AvgIpc) is 3.01. The first-order valence-electron chi connectivity index (χ1n) is 9.69. The molecule has 29 heavy (non-hydrogen) atoms. The summed E-state index contributed by atoms with van der Waals surface area (Å²) in [6.45, 7) is 1.22. The van der Waals surface area contributed by atoms with E-state index in [-0.39, 0.29) is 17.0 Å². The Kier molecular flexibility index (Phi) is 6.15. The molecule has 0 N–H and O–H groups in total. The van der Waals surface area contributed by atoms with Gasteiger partial charge in [0.25, 0.3) is 5.91 Å². The van der Waals surface area contributed by atoms with E-state index in [0.29, 0.717) is 30.2 Å². The number of carbonyl (C=O) groups excluding carboxylic acids is 1. The van der Waals surface area contributed by atoms with Crippen molar-refractivity contribution >= 4 is 17.7 Å². The van der Waals surface area contributed by atoms with Gasteiger partial charge in [-0.05, 0) is 36.8 Å². The molecular formula is C24H22FNO2S. The van der Waals surface area contributed by atoms with E-state index in [1.54, 1.807) is 23.9 Å². The topological polar surface area (TPSA) is 29.5 Å². The molecule has 1 atom stereocenters. The number of halogens is 1. The lowest BCUT2D eigenvalue weighted by Gasteiger charge is -2.22. The Morgan fingerprint density at radius 1 is 0.931 bits per heavy atom. The van der Waals surface area contributed by atoms with Crippen LogP contribution in [0.4, 0.5) is 4.39 Å². The van der Waals surface area contributed by atoms with Crippen molar-refractivity contribution in [1.82, 2.24) is 4.90 Å². The molecule has 0 bridgehead atoms. The van der Waals surface area contributed by atoms with Gasteiger partial charge in [-0.2, -0.15) is 11.8 Å². The Morgan fingerprint density at radius 3 is 2.48 bits per heavy atom. The lowest BCUT2D eigenvalue weighted by Crippen LogP contribution is -2.33. The number of rotatable bonds is 4. The van der Waals surface area contributed by atoms with Gasteiger partial charge in [-0.25, -0.2) is 4.39 Å². The number of thioether (sulfide) groups is 1. The number of carbonyl (C=O) groups is 1. The summed E-state index contributed by atoms with van der Waals surface area (Å²) >= 11 is 1.71. The number of ether oxygens (including phenoxy) is 1. The molecule has 1 unspecified atom stereocenters. The predicted octanol–water partition coefficient (Wildman–Crippen LogP) is 5.94. The standard InChI is InChI=1S/C24H22FNO2S/c25-21-12-6-4-10-19(21)23-14-15-26(16-17-29-23)24(27)20-11-5-7-13-22(20)28-18-8-2-1-3-9-18/h1-13,23H,14-17H2. The highest BCUT2D eigenvalue weighted by molar-refractivity contribution is 7.99. The largest absolute Gasteiger partial charge is 0.457 e. The summed E-state index contributed by atoms with van der Waals surface area (Å²) in [4.78, 5) is 15.1. The molecule has 1 aliphatic rings. The van der Waals surface area contributed by atoms with Crippen LogP contribution in [0.3, 0.4) is 0 Å². The van der Waals surface area contributed by atoms with Gasteiger partial charge in [0, 0.05) is 29.7 Å². The number of para-hydroxylation sites is 2. The summed E-state index contributed by atoms with van der Waals surface area (Å²) in [7, 11) is 0. The predicted molar refractivity (Wildman–Crippen MR) is 115 cm³/mol. The minimum Gasteiger partial charge on any atom is -0.457 e. The maximum Gasteiger partial charge on any atom is 0.257 e. The first kappa shape index (κ1) is 19.5. The van der Waals surface area contributed by atoms with Crippen LogP contribution in [0.15, 0.2) is 78.9 Å². The van der Waals surface area contributed by atoms with Crippen LogP contribution in [0.25, 0.3) is 0 Å². The number of nitrogens with zero attached hydrogens (tertiary/aromatic N) is 1. The van der Waals surface area contributed by atoms with E-state index < -0.39 is 0 Å². The Morgan fingerprint density at radius 2 is 1.66 bits per heavy atom. The second-order valence-corrected chi connectivity index (χ2v) is 8.18. The van der Waals surface area contributed by atoms with E-state index in [0.717, 1.165) is 17.7 Å². The van der Waals surface area contributed by atoms with Gasteiger partial charge in [0.05, 0.1) is 5.56 Å². The van der Waals surface area contributed by atoms with Crippen molar-refractivity contribution in [3.8, 4) is 11.5 Å². The zero-order valence-electron chi connectivity index (χ0n) is 16.0. The first-order valence-corrected chi connectivity index (χ1v) is 10.7. The highest BCUT2D eigenvalue weighted by Crippen LogP contribution is 2.36. The number of amides is 1. The molecule has 148 valence electrons. The maximum atomic E-state index is 14.2. The van der Waals surface area contributed by atoms with E-state index in [2.05, 4.69) is 0 Å². The molecule has 0 saturated carbocycles. The number of hydrogen-bond donors (Lipinski definition) is 0. The quantitative estimate of drug-likeness (QED) is 0.536. The van der Waals surface area contributed by atoms with Crippen molar-refractivity contribution in [2.24, 2.45) is 0 Å². The van der Waals surface area contributed by atoms with Crippen LogP contribution in [0.2, 0.25) is 0 Å². The van der Waals surface area contributed by atoms with Gasteiger partial charge in [-0.3, -0.25) is 4.79 Å². The third-order valence-corrected chi connectivity index (χ3v) is 6.28. The molecule has 1 aliphatic heterocycles. The molecule has 0 aromatic heterocycles. The zero-order valence-corrected chi connectivity index (χ0v) is 16.8. The van der Waals surface area contributed by atoms with Gasteiger partial charge in [0.2, 0.25) is 0 Å². The molecule has 1 heterocycles. The normalized spacial score (nSPS) is 16.9. The number of benzene rings is 3. The molecule has 1 amide bonds. The van der Waals surface area contributed by atoms with Crippen molar-refractivity contribution < 1.29 is 13.9 Å². The van der Waals surface area contributed by atoms with Crippen molar-refractivity contribution in [2.75, 3.05) is 18.8 Å². The Hall–Kier alpha value is -2.79. The van der Waals surface area contributed by atoms with Crippen LogP contribution < -0.4 is 4.74 Å². The third kappa shape index (κ3) is 4.62. The third-order valence-electron chi connectivity index (χ3n) is 4.97. The van der Waals surface area contributed by atoms with Crippen LogP contribution in [-0.4, -0.2) is 29.6 Å². The van der Waals surface area contributed by atoms with Crippen LogP contribution >= 0.6 is 11.8 Å². The van der Waals surface area contributed by atoms with Crippen molar-refractivity contribution in [3.05, 3.63) is 95.8 Å². The first-order chi connectivity index (χ1) is 14.2. The molecule has 1 saturated heterocycles. The van der Waals surface area contributed by atoms with Gasteiger partial charge >= 0.3 is 0 Å². The SMILES string of the molecule is O=C(c1ccccc1Oc1ccccc1)N1CCSC(c2ccccc2F)CC1. The summed E-state index contributed by atoms with van der Waals surface area (Å²) in [6.07, 6.45) is 0.721. The Labute approximate surface area is 174 Å². The van der Waals surface area contributed by atoms with E-state index in [9.17, 15) is 9.18 Å². The van der Waals surface area contributed by atoms with Crippen molar-refractivity contribution in [2.45, 2.75) is 11.7 Å². The van der Waals surface area contributed by atoms with Crippen molar-refractivity contribution in [1.29, 1.82) is 0 Å². The Bertz CT molecular complexity index is 979. The highest BCUT2D eigenvalue weighted by Gasteiger charge is 2.26. The van der Waals surface area contributed by atoms with Crippen LogP contribution in [0, 0.1) is 5.82 Å². The second kappa shape index (κ2) is 9.14. The lowest BCUT2D eigenvalue weighted by atomic mass is 10.1. The van der Waals surface area contributed by atoms with Gasteiger partial charge < -0.3 is 9.64 Å². The summed E-state index contributed by atoms with van der Waals surface area (Å²) in [6, 6.07) is 23.7. The van der Waals surface area contributed by atoms with Gasteiger partial charge in [0.15, 0.2) is 0 Å². The monoisotopic (exact) mass is 407 g/mol. The molecule has 3 nitrogen and oxygen atoms in total. The van der Waals surface area contributed by atoms with Gasteiger partial charge in [0.1, 0.15) is 17.3 Å². The zero-order chi connectivity index (χ0) is 20.1. The van der Waals surface area contributed by atoms with Crippen molar-refractivity contribution in [3.63, 3.8) is 0 Å². The highest BCUT2D eigenvalue weighted by atomic mass is 32.2. The molecule has 5 heteroatoms.